The van der Waals surface area contributed by atoms with Crippen LogP contribution in [0.25, 0.3) is 0 Å². The van der Waals surface area contributed by atoms with Crippen LogP contribution in [0.3, 0.4) is 0 Å². The molecule has 0 fully saturated rings. The highest BCUT2D eigenvalue weighted by Gasteiger charge is 2.09. The summed E-state index contributed by atoms with van der Waals surface area (Å²) in [4.78, 5) is 18.3. The number of carbonyl (C=O) groups excluding carboxylic acids is 1. The Labute approximate surface area is 104 Å². The lowest BCUT2D eigenvalue weighted by atomic mass is 10.2. The normalized spacial score (nSPS) is 9.89. The molecule has 1 aromatic carbocycles. The summed E-state index contributed by atoms with van der Waals surface area (Å²) in [6.07, 6.45) is 2.90. The number of amides is 1. The number of aromatic amines is 1. The van der Waals surface area contributed by atoms with Crippen LogP contribution in [0.2, 0.25) is 0 Å². The third kappa shape index (κ3) is 2.42. The maximum Gasteiger partial charge on any atom is 0.273 e. The van der Waals surface area contributed by atoms with Gasteiger partial charge in [-0.25, -0.2) is 4.98 Å². The zero-order valence-electron chi connectivity index (χ0n) is 10.1. The zero-order valence-corrected chi connectivity index (χ0v) is 10.1. The van der Waals surface area contributed by atoms with Gasteiger partial charge in [-0.05, 0) is 12.1 Å². The van der Waals surface area contributed by atoms with E-state index < -0.39 is 0 Å². The van der Waals surface area contributed by atoms with Gasteiger partial charge in [0, 0.05) is 11.8 Å². The number of aromatic nitrogens is 2. The Hall–Kier alpha value is -2.50. The van der Waals surface area contributed by atoms with Crippen LogP contribution in [0.15, 0.2) is 30.7 Å². The van der Waals surface area contributed by atoms with Gasteiger partial charge in [0.1, 0.15) is 5.69 Å². The smallest absolute Gasteiger partial charge is 0.273 e. The van der Waals surface area contributed by atoms with Gasteiger partial charge in [0.05, 0.1) is 26.7 Å². The van der Waals surface area contributed by atoms with E-state index in [1.165, 1.54) is 12.5 Å². The van der Waals surface area contributed by atoms with Crippen molar-refractivity contribution in [2.24, 2.45) is 0 Å². The maximum atomic E-state index is 11.8. The molecule has 6 heteroatoms. The Kier molecular flexibility index (Phi) is 3.47. The SMILES string of the molecule is COc1ccc(NC(=O)c2cnc[nH]2)cc1OC. The molecular weight excluding hydrogens is 234 g/mol. The average Bonchev–Trinajstić information content (AvgIpc) is 2.92. The Balaban J connectivity index is 2.17. The van der Waals surface area contributed by atoms with E-state index in [9.17, 15) is 4.79 Å². The molecule has 0 aliphatic heterocycles. The molecule has 0 atom stereocenters. The quantitative estimate of drug-likeness (QED) is 0.861. The van der Waals surface area contributed by atoms with Crippen LogP contribution in [0.5, 0.6) is 11.5 Å². The van der Waals surface area contributed by atoms with Crippen molar-refractivity contribution in [2.45, 2.75) is 0 Å². The highest BCUT2D eigenvalue weighted by atomic mass is 16.5. The molecule has 2 aromatic rings. The molecule has 94 valence electrons. The summed E-state index contributed by atoms with van der Waals surface area (Å²) in [5.41, 5.74) is 1.01. The van der Waals surface area contributed by atoms with Crippen molar-refractivity contribution in [1.29, 1.82) is 0 Å². The second-order valence-electron chi connectivity index (χ2n) is 3.49. The topological polar surface area (TPSA) is 76.2 Å². The molecule has 0 spiro atoms. The van der Waals surface area contributed by atoms with Crippen LogP contribution < -0.4 is 14.8 Å². The van der Waals surface area contributed by atoms with Crippen molar-refractivity contribution >= 4 is 11.6 Å². The lowest BCUT2D eigenvalue weighted by molar-refractivity contribution is 0.102. The fourth-order valence-corrected chi connectivity index (χ4v) is 1.49. The van der Waals surface area contributed by atoms with E-state index >= 15 is 0 Å². The van der Waals surface area contributed by atoms with Crippen molar-refractivity contribution in [3.63, 3.8) is 0 Å². The maximum absolute atomic E-state index is 11.8. The summed E-state index contributed by atoms with van der Waals surface area (Å²) >= 11 is 0. The molecule has 2 N–H and O–H groups in total. The van der Waals surface area contributed by atoms with Crippen molar-refractivity contribution in [3.05, 3.63) is 36.4 Å². The van der Waals surface area contributed by atoms with Gasteiger partial charge in [0.25, 0.3) is 5.91 Å². The number of methoxy groups -OCH3 is 2. The number of nitrogens with zero attached hydrogens (tertiary/aromatic N) is 1. The van der Waals surface area contributed by atoms with Crippen molar-refractivity contribution in [2.75, 3.05) is 19.5 Å². The summed E-state index contributed by atoms with van der Waals surface area (Å²) in [6, 6.07) is 5.14. The molecule has 0 saturated carbocycles. The molecule has 0 saturated heterocycles. The Morgan fingerprint density at radius 3 is 2.67 bits per heavy atom. The van der Waals surface area contributed by atoms with Gasteiger partial charge in [0.15, 0.2) is 11.5 Å². The van der Waals surface area contributed by atoms with Crippen LogP contribution in [0, 0.1) is 0 Å². The first-order valence-electron chi connectivity index (χ1n) is 5.26. The van der Waals surface area contributed by atoms with Crippen LogP contribution in [-0.4, -0.2) is 30.1 Å². The number of imidazole rings is 1. The van der Waals surface area contributed by atoms with Crippen molar-refractivity contribution < 1.29 is 14.3 Å². The van der Waals surface area contributed by atoms with Gasteiger partial charge in [-0.2, -0.15) is 0 Å². The van der Waals surface area contributed by atoms with E-state index in [4.69, 9.17) is 9.47 Å². The molecule has 2 rings (SSSR count). The van der Waals surface area contributed by atoms with Crippen molar-refractivity contribution in [1.82, 2.24) is 9.97 Å². The van der Waals surface area contributed by atoms with Crippen LogP contribution in [0.1, 0.15) is 10.5 Å². The highest BCUT2D eigenvalue weighted by Crippen LogP contribution is 2.29. The van der Waals surface area contributed by atoms with E-state index in [0.29, 0.717) is 22.9 Å². The second kappa shape index (κ2) is 5.22. The average molecular weight is 247 g/mol. The number of carbonyl (C=O) groups is 1. The monoisotopic (exact) mass is 247 g/mol. The summed E-state index contributed by atoms with van der Waals surface area (Å²) in [6.45, 7) is 0. The number of rotatable bonds is 4. The minimum Gasteiger partial charge on any atom is -0.493 e. The lowest BCUT2D eigenvalue weighted by Gasteiger charge is -2.10. The van der Waals surface area contributed by atoms with Crippen LogP contribution in [0.4, 0.5) is 5.69 Å². The number of anilines is 1. The molecule has 0 unspecified atom stereocenters. The van der Waals surface area contributed by atoms with Gasteiger partial charge in [0.2, 0.25) is 0 Å². The number of ether oxygens (including phenoxy) is 2. The minimum atomic E-state index is -0.264. The second-order valence-corrected chi connectivity index (χ2v) is 3.49. The number of hydrogen-bond donors (Lipinski definition) is 2. The molecule has 1 amide bonds. The molecule has 0 bridgehead atoms. The molecule has 1 aromatic heterocycles. The molecule has 0 aliphatic carbocycles. The van der Waals surface area contributed by atoms with E-state index in [2.05, 4.69) is 15.3 Å². The number of H-pyrrole nitrogens is 1. The predicted molar refractivity (Wildman–Crippen MR) is 66.1 cm³/mol. The third-order valence-electron chi connectivity index (χ3n) is 2.38. The Morgan fingerprint density at radius 1 is 1.28 bits per heavy atom. The van der Waals surface area contributed by atoms with Crippen LogP contribution >= 0.6 is 0 Å². The van der Waals surface area contributed by atoms with Gasteiger partial charge >= 0.3 is 0 Å². The molecule has 18 heavy (non-hydrogen) atoms. The summed E-state index contributed by atoms with van der Waals surface area (Å²) in [5.74, 6) is 0.900. The predicted octanol–water partition coefficient (Wildman–Crippen LogP) is 1.68. The first-order valence-corrected chi connectivity index (χ1v) is 5.26. The fraction of sp³-hybridized carbons (Fsp3) is 0.167. The van der Waals surface area contributed by atoms with Gasteiger partial charge in [-0.15, -0.1) is 0 Å². The molecule has 0 aliphatic rings. The van der Waals surface area contributed by atoms with Crippen LogP contribution in [-0.2, 0) is 0 Å². The minimum absolute atomic E-state index is 0.264. The van der Waals surface area contributed by atoms with E-state index in [-0.39, 0.29) is 5.91 Å². The Bertz CT molecular complexity index is 538. The van der Waals surface area contributed by atoms with Gasteiger partial charge in [-0.1, -0.05) is 0 Å². The first kappa shape index (κ1) is 12.0. The Morgan fingerprint density at radius 2 is 2.06 bits per heavy atom. The number of nitrogens with one attached hydrogen (secondary N) is 2. The summed E-state index contributed by atoms with van der Waals surface area (Å²) in [5, 5.41) is 2.72. The standard InChI is InChI=1S/C12H13N3O3/c1-17-10-4-3-8(5-11(10)18-2)15-12(16)9-6-13-7-14-9/h3-7H,1-2H3,(H,13,14)(H,15,16). The zero-order chi connectivity index (χ0) is 13.0. The third-order valence-corrected chi connectivity index (χ3v) is 2.38. The van der Waals surface area contributed by atoms with Gasteiger partial charge in [-0.3, -0.25) is 4.79 Å². The van der Waals surface area contributed by atoms with E-state index in [0.717, 1.165) is 0 Å². The summed E-state index contributed by atoms with van der Waals surface area (Å²) < 4.78 is 10.3. The number of hydrogen-bond acceptors (Lipinski definition) is 4. The van der Waals surface area contributed by atoms with Gasteiger partial charge < -0.3 is 19.8 Å². The molecule has 6 nitrogen and oxygen atoms in total. The van der Waals surface area contributed by atoms with E-state index in [1.807, 2.05) is 0 Å². The fourth-order valence-electron chi connectivity index (χ4n) is 1.49. The van der Waals surface area contributed by atoms with E-state index in [1.54, 1.807) is 32.4 Å². The molecule has 1 heterocycles. The summed E-state index contributed by atoms with van der Waals surface area (Å²) in [7, 11) is 3.10. The number of benzene rings is 1. The highest BCUT2D eigenvalue weighted by molar-refractivity contribution is 6.02. The van der Waals surface area contributed by atoms with Crippen molar-refractivity contribution in [3.8, 4) is 11.5 Å². The first-order chi connectivity index (χ1) is 8.74. The largest absolute Gasteiger partial charge is 0.493 e. The lowest BCUT2D eigenvalue weighted by Crippen LogP contribution is -2.12. The molecule has 0 radical (unpaired) electrons. The molecular formula is C12H13N3O3.